The summed E-state index contributed by atoms with van der Waals surface area (Å²) in [6.07, 6.45) is 12.7. The van der Waals surface area contributed by atoms with E-state index in [0.29, 0.717) is 43.7 Å². The van der Waals surface area contributed by atoms with Crippen molar-refractivity contribution in [3.63, 3.8) is 0 Å². The molecule has 0 N–H and O–H groups in total. The Morgan fingerprint density at radius 2 is 1.92 bits per heavy atom. The SMILES string of the molecule is Cn1c(N2CCC3(CC2)CN(C(=O)OC(C)(C)C)CC2C=CC=CC23)nc(-c2ccncc2F)cc1=O. The zero-order valence-electron chi connectivity index (χ0n) is 21.9. The highest BCUT2D eigenvalue weighted by Crippen LogP contribution is 2.49. The summed E-state index contributed by atoms with van der Waals surface area (Å²) >= 11 is 0. The van der Waals surface area contributed by atoms with E-state index >= 15 is 0 Å². The fourth-order valence-electron chi connectivity index (χ4n) is 5.93. The van der Waals surface area contributed by atoms with Crippen LogP contribution in [0.3, 0.4) is 0 Å². The number of aromatic nitrogens is 3. The molecule has 196 valence electrons. The van der Waals surface area contributed by atoms with E-state index in [4.69, 9.17) is 9.72 Å². The molecule has 1 spiro atoms. The van der Waals surface area contributed by atoms with Crippen LogP contribution >= 0.6 is 0 Å². The summed E-state index contributed by atoms with van der Waals surface area (Å²) in [5.41, 5.74) is -0.351. The van der Waals surface area contributed by atoms with Crippen molar-refractivity contribution < 1.29 is 13.9 Å². The lowest BCUT2D eigenvalue weighted by atomic mass is 9.60. The van der Waals surface area contributed by atoms with Crippen molar-refractivity contribution in [3.8, 4) is 11.3 Å². The fourth-order valence-corrected chi connectivity index (χ4v) is 5.93. The maximum Gasteiger partial charge on any atom is 0.410 e. The van der Waals surface area contributed by atoms with Gasteiger partial charge in [-0.15, -0.1) is 0 Å². The van der Waals surface area contributed by atoms with Crippen LogP contribution in [0, 0.1) is 23.1 Å². The number of amides is 1. The van der Waals surface area contributed by atoms with E-state index in [1.165, 1.54) is 22.9 Å². The Balaban J connectivity index is 1.41. The first kappa shape index (κ1) is 25.2. The number of rotatable bonds is 2. The van der Waals surface area contributed by atoms with Gasteiger partial charge < -0.3 is 14.5 Å². The van der Waals surface area contributed by atoms with E-state index in [0.717, 1.165) is 19.0 Å². The summed E-state index contributed by atoms with van der Waals surface area (Å²) < 4.78 is 21.6. The molecule has 2 saturated heterocycles. The number of ether oxygens (including phenoxy) is 1. The normalized spacial score (nSPS) is 22.7. The van der Waals surface area contributed by atoms with Gasteiger partial charge in [0, 0.05) is 57.0 Å². The third kappa shape index (κ3) is 4.91. The van der Waals surface area contributed by atoms with Crippen LogP contribution in [-0.2, 0) is 11.8 Å². The zero-order valence-corrected chi connectivity index (χ0v) is 21.9. The number of pyridine rings is 1. The maximum atomic E-state index is 14.4. The molecule has 1 aliphatic carbocycles. The highest BCUT2D eigenvalue weighted by Gasteiger charge is 2.50. The van der Waals surface area contributed by atoms with Crippen molar-refractivity contribution in [2.24, 2.45) is 24.3 Å². The van der Waals surface area contributed by atoms with Gasteiger partial charge >= 0.3 is 6.09 Å². The molecule has 2 unspecified atom stereocenters. The first-order valence-corrected chi connectivity index (χ1v) is 12.8. The summed E-state index contributed by atoms with van der Waals surface area (Å²) in [5, 5.41) is 0. The van der Waals surface area contributed by atoms with Crippen molar-refractivity contribution in [1.82, 2.24) is 19.4 Å². The minimum atomic E-state index is -0.553. The molecule has 4 heterocycles. The molecular formula is C28H34FN5O3. The highest BCUT2D eigenvalue weighted by molar-refractivity contribution is 5.68. The number of fused-ring (bicyclic) bond motifs is 2. The van der Waals surface area contributed by atoms with Gasteiger partial charge in [0.2, 0.25) is 5.95 Å². The van der Waals surface area contributed by atoms with Crippen LogP contribution in [0.1, 0.15) is 33.6 Å². The molecule has 0 saturated carbocycles. The van der Waals surface area contributed by atoms with E-state index < -0.39 is 11.4 Å². The zero-order chi connectivity index (χ0) is 26.4. The summed E-state index contributed by atoms with van der Waals surface area (Å²) in [4.78, 5) is 38.3. The third-order valence-electron chi connectivity index (χ3n) is 7.75. The largest absolute Gasteiger partial charge is 0.444 e. The number of carbonyl (C=O) groups excluding carboxylic acids is 1. The Morgan fingerprint density at radius 3 is 2.62 bits per heavy atom. The molecule has 2 atom stereocenters. The van der Waals surface area contributed by atoms with Crippen molar-refractivity contribution in [1.29, 1.82) is 0 Å². The highest BCUT2D eigenvalue weighted by atomic mass is 19.1. The molecule has 8 nitrogen and oxygen atoms in total. The molecule has 2 aromatic rings. The Bertz CT molecular complexity index is 1300. The van der Waals surface area contributed by atoms with E-state index in [2.05, 4.69) is 34.2 Å². The molecule has 0 aromatic carbocycles. The molecule has 2 fully saturated rings. The van der Waals surface area contributed by atoms with Gasteiger partial charge in [0.15, 0.2) is 5.82 Å². The molecule has 2 aromatic heterocycles. The molecule has 9 heteroatoms. The Labute approximate surface area is 216 Å². The second-order valence-corrected chi connectivity index (χ2v) is 11.4. The number of hydrogen-bond donors (Lipinski definition) is 0. The topological polar surface area (TPSA) is 80.6 Å². The average molecular weight is 508 g/mol. The maximum absolute atomic E-state index is 14.4. The summed E-state index contributed by atoms with van der Waals surface area (Å²) in [5.74, 6) is 0.564. The molecule has 3 aliphatic rings. The van der Waals surface area contributed by atoms with E-state index in [1.54, 1.807) is 7.05 Å². The van der Waals surface area contributed by atoms with E-state index in [9.17, 15) is 14.0 Å². The van der Waals surface area contributed by atoms with Gasteiger partial charge in [-0.25, -0.2) is 14.2 Å². The number of likely N-dealkylation sites (tertiary alicyclic amines) is 1. The molecule has 0 bridgehead atoms. The Kier molecular flexibility index (Phi) is 6.41. The van der Waals surface area contributed by atoms with Crippen LogP contribution in [-0.4, -0.2) is 57.3 Å². The number of allylic oxidation sites excluding steroid dienone is 3. The van der Waals surface area contributed by atoms with Crippen molar-refractivity contribution in [2.75, 3.05) is 31.1 Å². The van der Waals surface area contributed by atoms with Crippen molar-refractivity contribution >= 4 is 12.0 Å². The van der Waals surface area contributed by atoms with Gasteiger partial charge in [-0.2, -0.15) is 0 Å². The summed E-state index contributed by atoms with van der Waals surface area (Å²) in [6, 6.07) is 2.89. The molecular weight excluding hydrogens is 473 g/mol. The van der Waals surface area contributed by atoms with Crippen LogP contribution in [0.5, 0.6) is 0 Å². The lowest BCUT2D eigenvalue weighted by Crippen LogP contribution is -2.59. The van der Waals surface area contributed by atoms with E-state index in [1.807, 2.05) is 25.7 Å². The van der Waals surface area contributed by atoms with Gasteiger partial charge in [-0.3, -0.25) is 14.3 Å². The number of nitrogens with zero attached hydrogens (tertiary/aromatic N) is 5. The second-order valence-electron chi connectivity index (χ2n) is 11.4. The number of carbonyl (C=O) groups is 1. The molecule has 1 amide bonds. The fraction of sp³-hybridized carbons (Fsp3) is 0.500. The number of halogens is 1. The number of anilines is 1. The minimum Gasteiger partial charge on any atom is -0.444 e. The monoisotopic (exact) mass is 507 g/mol. The van der Waals surface area contributed by atoms with Crippen LogP contribution < -0.4 is 10.5 Å². The predicted molar refractivity (Wildman–Crippen MR) is 140 cm³/mol. The van der Waals surface area contributed by atoms with Gasteiger partial charge in [-0.1, -0.05) is 24.3 Å². The Hall–Kier alpha value is -3.49. The number of hydrogen-bond acceptors (Lipinski definition) is 6. The van der Waals surface area contributed by atoms with Crippen LogP contribution in [0.25, 0.3) is 11.3 Å². The third-order valence-corrected chi connectivity index (χ3v) is 7.75. The van der Waals surface area contributed by atoms with E-state index in [-0.39, 0.29) is 28.5 Å². The summed E-state index contributed by atoms with van der Waals surface area (Å²) in [6.45, 7) is 8.28. The second kappa shape index (κ2) is 9.43. The smallest absolute Gasteiger partial charge is 0.410 e. The predicted octanol–water partition coefficient (Wildman–Crippen LogP) is 4.18. The van der Waals surface area contributed by atoms with Gasteiger partial charge in [-0.05, 0) is 51.0 Å². The molecule has 5 rings (SSSR count). The minimum absolute atomic E-state index is 0.106. The lowest BCUT2D eigenvalue weighted by molar-refractivity contribution is -0.0261. The van der Waals surface area contributed by atoms with Crippen LogP contribution in [0.15, 0.2) is 53.6 Å². The van der Waals surface area contributed by atoms with Gasteiger partial charge in [0.1, 0.15) is 5.60 Å². The first-order chi connectivity index (χ1) is 17.6. The van der Waals surface area contributed by atoms with Gasteiger partial charge in [0.05, 0.1) is 11.9 Å². The lowest BCUT2D eigenvalue weighted by Gasteiger charge is -2.54. The quantitative estimate of drug-likeness (QED) is 0.607. The summed E-state index contributed by atoms with van der Waals surface area (Å²) in [7, 11) is 1.69. The van der Waals surface area contributed by atoms with Crippen LogP contribution in [0.4, 0.5) is 15.1 Å². The Morgan fingerprint density at radius 1 is 1.19 bits per heavy atom. The molecule has 37 heavy (non-hydrogen) atoms. The van der Waals surface area contributed by atoms with Crippen molar-refractivity contribution in [3.05, 3.63) is 65.0 Å². The standard InChI is InChI=1S/C28H34FN5O3/c1-27(2,3)37-26(36)34-17-19-7-5-6-8-21(19)28(18-34)10-13-33(14-11-28)25-31-23(15-24(35)32(25)4)20-9-12-30-16-22(20)29/h5-9,12,15-16,19,21H,10-11,13-14,17-18H2,1-4H3. The average Bonchev–Trinajstić information content (AvgIpc) is 2.86. The van der Waals surface area contributed by atoms with Gasteiger partial charge in [0.25, 0.3) is 5.56 Å². The molecule has 0 radical (unpaired) electrons. The molecule has 2 aliphatic heterocycles. The first-order valence-electron chi connectivity index (χ1n) is 12.8. The number of piperidine rings is 2. The van der Waals surface area contributed by atoms with Crippen molar-refractivity contribution in [2.45, 2.75) is 39.2 Å². The van der Waals surface area contributed by atoms with Crippen LogP contribution in [0.2, 0.25) is 0 Å².